The lowest BCUT2D eigenvalue weighted by Crippen LogP contribution is -2.52. The van der Waals surface area contributed by atoms with Crippen LogP contribution in [0.15, 0.2) is 97.1 Å². The van der Waals surface area contributed by atoms with E-state index in [9.17, 15) is 19.5 Å². The summed E-state index contributed by atoms with van der Waals surface area (Å²) in [6.45, 7) is 11.1. The van der Waals surface area contributed by atoms with Crippen LogP contribution in [0.3, 0.4) is 0 Å². The van der Waals surface area contributed by atoms with Crippen molar-refractivity contribution in [2.45, 2.75) is 69.2 Å². The molecule has 0 saturated carbocycles. The number of imide groups is 1. The third kappa shape index (κ3) is 9.25. The molecular formula is C50H60N6O4. The van der Waals surface area contributed by atoms with E-state index in [2.05, 4.69) is 90.9 Å². The Balaban J connectivity index is 0.696. The number of aromatic hydroxyl groups is 1. The summed E-state index contributed by atoms with van der Waals surface area (Å²) < 4.78 is 0. The number of aryl methyl sites for hydroxylation is 1. The summed E-state index contributed by atoms with van der Waals surface area (Å²) in [6, 6.07) is 33.4. The van der Waals surface area contributed by atoms with Crippen LogP contribution in [-0.2, 0) is 16.0 Å². The number of anilines is 2. The molecule has 10 nitrogen and oxygen atoms in total. The van der Waals surface area contributed by atoms with Crippen molar-refractivity contribution >= 4 is 29.1 Å². The summed E-state index contributed by atoms with van der Waals surface area (Å²) in [4.78, 5) is 46.6. The quantitative estimate of drug-likeness (QED) is 0.155. The van der Waals surface area contributed by atoms with Crippen molar-refractivity contribution < 1.29 is 19.5 Å². The predicted molar refractivity (Wildman–Crippen MR) is 237 cm³/mol. The molecule has 0 spiro atoms. The fraction of sp³-hybridized carbons (Fsp3) is 0.460. The highest BCUT2D eigenvalue weighted by molar-refractivity contribution is 6.03. The first kappa shape index (κ1) is 40.2. The van der Waals surface area contributed by atoms with E-state index in [0.29, 0.717) is 23.7 Å². The molecular weight excluding hydrogens is 749 g/mol. The number of phenols is 1. The molecule has 3 atom stereocenters. The van der Waals surface area contributed by atoms with Crippen LogP contribution in [0, 0.1) is 11.8 Å². The maximum atomic E-state index is 12.8. The fourth-order valence-corrected chi connectivity index (χ4v) is 10.7. The molecule has 0 bridgehead atoms. The SMILES string of the molecule is O=C1CCC(NC(=O)c2ccc(N3CCN(CC4CCN(CC5CCN(c6ccc([C@@H]7c8ccc(O)cc8CC[C@@H]7c7ccccc7)cc6)CC5)CC4)CC3)cc2)C(=O)N1. The van der Waals surface area contributed by atoms with Crippen LogP contribution in [0.2, 0.25) is 0 Å². The van der Waals surface area contributed by atoms with Crippen molar-refractivity contribution in [1.82, 2.24) is 20.4 Å². The van der Waals surface area contributed by atoms with Gasteiger partial charge in [-0.2, -0.15) is 0 Å². The zero-order valence-electron chi connectivity index (χ0n) is 34.8. The normalized spacial score (nSPS) is 23.6. The Bertz CT molecular complexity index is 2100. The van der Waals surface area contributed by atoms with Crippen molar-refractivity contribution in [2.24, 2.45) is 11.8 Å². The van der Waals surface area contributed by atoms with Crippen molar-refractivity contribution in [1.29, 1.82) is 0 Å². The Morgan fingerprint density at radius 3 is 1.92 bits per heavy atom. The number of carbonyl (C=O) groups is 3. The molecule has 1 aliphatic carbocycles. The van der Waals surface area contributed by atoms with Crippen molar-refractivity contribution in [3.63, 3.8) is 0 Å². The van der Waals surface area contributed by atoms with Gasteiger partial charge in [0.15, 0.2) is 0 Å². The largest absolute Gasteiger partial charge is 0.508 e. The van der Waals surface area contributed by atoms with Crippen molar-refractivity contribution in [2.75, 3.05) is 75.2 Å². The van der Waals surface area contributed by atoms with Crippen LogP contribution in [0.5, 0.6) is 5.75 Å². The molecule has 10 heteroatoms. The zero-order valence-corrected chi connectivity index (χ0v) is 34.8. The maximum absolute atomic E-state index is 12.8. The summed E-state index contributed by atoms with van der Waals surface area (Å²) in [5.41, 5.74) is 8.36. The third-order valence-corrected chi connectivity index (χ3v) is 14.2. The summed E-state index contributed by atoms with van der Waals surface area (Å²) in [5.74, 6) is 1.57. The molecule has 4 aromatic carbocycles. The van der Waals surface area contributed by atoms with Crippen LogP contribution in [0.1, 0.15) is 89.4 Å². The molecule has 4 saturated heterocycles. The van der Waals surface area contributed by atoms with E-state index in [4.69, 9.17) is 0 Å². The minimum absolute atomic E-state index is 0.238. The molecule has 60 heavy (non-hydrogen) atoms. The van der Waals surface area contributed by atoms with Gasteiger partial charge in [-0.15, -0.1) is 0 Å². The lowest BCUT2D eigenvalue weighted by molar-refractivity contribution is -0.134. The summed E-state index contributed by atoms with van der Waals surface area (Å²) >= 11 is 0. The molecule has 3 N–H and O–H groups in total. The first-order valence-electron chi connectivity index (χ1n) is 22.5. The second-order valence-corrected chi connectivity index (χ2v) is 18.0. The van der Waals surface area contributed by atoms with Crippen LogP contribution >= 0.6 is 0 Å². The first-order valence-corrected chi connectivity index (χ1v) is 22.5. The van der Waals surface area contributed by atoms with Crippen LogP contribution in [0.25, 0.3) is 0 Å². The molecule has 4 heterocycles. The number of nitrogens with one attached hydrogen (secondary N) is 2. The molecule has 0 aromatic heterocycles. The van der Waals surface area contributed by atoms with Gasteiger partial charge in [0.1, 0.15) is 11.8 Å². The topological polar surface area (TPSA) is 108 Å². The number of likely N-dealkylation sites (tertiary alicyclic amines) is 1. The van der Waals surface area contributed by atoms with Gasteiger partial charge in [0, 0.05) is 81.6 Å². The van der Waals surface area contributed by atoms with Crippen LogP contribution in [-0.4, -0.2) is 104 Å². The monoisotopic (exact) mass is 808 g/mol. The number of hydrogen-bond donors (Lipinski definition) is 3. The number of hydrogen-bond acceptors (Lipinski definition) is 8. The number of fused-ring (bicyclic) bond motifs is 1. The molecule has 4 fully saturated rings. The van der Waals surface area contributed by atoms with Gasteiger partial charge >= 0.3 is 0 Å². The number of benzene rings is 4. The zero-order chi connectivity index (χ0) is 41.0. The minimum Gasteiger partial charge on any atom is -0.508 e. The highest BCUT2D eigenvalue weighted by atomic mass is 16.3. The highest BCUT2D eigenvalue weighted by Gasteiger charge is 2.33. The van der Waals surface area contributed by atoms with Gasteiger partial charge in [0.2, 0.25) is 11.8 Å². The van der Waals surface area contributed by atoms with Gasteiger partial charge in [-0.25, -0.2) is 0 Å². The average Bonchev–Trinajstić information content (AvgIpc) is 3.28. The van der Waals surface area contributed by atoms with Gasteiger partial charge in [-0.05, 0) is 147 Å². The molecule has 314 valence electrons. The Morgan fingerprint density at radius 2 is 1.25 bits per heavy atom. The average molecular weight is 809 g/mol. The standard InChI is InChI=1S/C50H60N6O4/c57-43-15-17-45-40(32-43)10-16-44(37-4-2-1-3-5-37)48(45)38-6-11-41(12-7-38)55-26-22-36(23-27-55)33-53-24-20-35(21-25-53)34-54-28-30-56(31-29-54)42-13-8-39(9-14-42)49(59)51-46-18-19-47(58)52-50(46)60/h1-9,11-15,17,32,35-36,44,46,48,57H,10,16,18-31,33-34H2,(H,51,59)(H,52,58,60)/t44-,46?,48+/m1/s1. The Kier molecular flexibility index (Phi) is 12.2. The van der Waals surface area contributed by atoms with Crippen molar-refractivity contribution in [3.8, 4) is 5.75 Å². The highest BCUT2D eigenvalue weighted by Crippen LogP contribution is 2.47. The number of rotatable bonds is 10. The molecule has 1 unspecified atom stereocenters. The van der Waals surface area contributed by atoms with Gasteiger partial charge in [-0.3, -0.25) is 24.6 Å². The number of phenolic OH excluding ortho intramolecular Hbond substituents is 1. The summed E-state index contributed by atoms with van der Waals surface area (Å²) in [5, 5.41) is 15.3. The Labute approximate surface area is 354 Å². The molecule has 4 aromatic rings. The van der Waals surface area contributed by atoms with Crippen LogP contribution in [0.4, 0.5) is 11.4 Å². The molecule has 5 aliphatic rings. The van der Waals surface area contributed by atoms with E-state index in [1.807, 2.05) is 36.4 Å². The molecule has 4 aliphatic heterocycles. The van der Waals surface area contributed by atoms with Gasteiger partial charge in [-0.1, -0.05) is 48.5 Å². The molecule has 9 rings (SSSR count). The van der Waals surface area contributed by atoms with E-state index in [1.165, 1.54) is 79.8 Å². The van der Waals surface area contributed by atoms with E-state index in [-0.39, 0.29) is 24.2 Å². The second kappa shape index (κ2) is 18.2. The van der Waals surface area contributed by atoms with E-state index < -0.39 is 11.9 Å². The Hall–Kier alpha value is -5.19. The Morgan fingerprint density at radius 1 is 0.633 bits per heavy atom. The van der Waals surface area contributed by atoms with E-state index >= 15 is 0 Å². The van der Waals surface area contributed by atoms with Gasteiger partial charge in [0.05, 0.1) is 0 Å². The third-order valence-electron chi connectivity index (χ3n) is 14.2. The number of piperidine rings is 3. The number of amides is 3. The van der Waals surface area contributed by atoms with E-state index in [1.54, 1.807) is 0 Å². The summed E-state index contributed by atoms with van der Waals surface area (Å²) in [7, 11) is 0. The predicted octanol–water partition coefficient (Wildman–Crippen LogP) is 6.54. The second-order valence-electron chi connectivity index (χ2n) is 18.0. The number of piperazine rings is 1. The summed E-state index contributed by atoms with van der Waals surface area (Å²) in [6.07, 6.45) is 7.71. The lowest BCUT2D eigenvalue weighted by atomic mass is 9.69. The number of carbonyl (C=O) groups excluding carboxylic acids is 3. The molecule has 3 amide bonds. The first-order chi connectivity index (χ1) is 29.3. The maximum Gasteiger partial charge on any atom is 0.251 e. The van der Waals surface area contributed by atoms with E-state index in [0.717, 1.165) is 69.6 Å². The van der Waals surface area contributed by atoms with Crippen LogP contribution < -0.4 is 20.4 Å². The molecule has 0 radical (unpaired) electrons. The lowest BCUT2D eigenvalue weighted by Gasteiger charge is -2.41. The fourth-order valence-electron chi connectivity index (χ4n) is 10.7. The minimum atomic E-state index is -0.671. The smallest absolute Gasteiger partial charge is 0.251 e. The van der Waals surface area contributed by atoms with Gasteiger partial charge in [0.25, 0.3) is 5.91 Å². The van der Waals surface area contributed by atoms with Gasteiger partial charge < -0.3 is 25.1 Å². The van der Waals surface area contributed by atoms with Crippen molar-refractivity contribution in [3.05, 3.63) is 125 Å². The number of nitrogens with zero attached hydrogens (tertiary/aromatic N) is 4.